The highest BCUT2D eigenvalue weighted by Crippen LogP contribution is 2.30. The predicted octanol–water partition coefficient (Wildman–Crippen LogP) is 5.23. The molecule has 2 heterocycles. The van der Waals surface area contributed by atoms with Gasteiger partial charge in [0.05, 0.1) is 5.02 Å². The van der Waals surface area contributed by atoms with E-state index in [9.17, 15) is 18.0 Å². The van der Waals surface area contributed by atoms with Crippen LogP contribution in [0.3, 0.4) is 0 Å². The highest BCUT2D eigenvalue weighted by atomic mass is 35.5. The fraction of sp³-hybridized carbons (Fsp3) is 0.250. The van der Waals surface area contributed by atoms with Crippen molar-refractivity contribution in [3.05, 3.63) is 70.9 Å². The molecule has 0 saturated carbocycles. The molecule has 3 aromatic rings. The lowest BCUT2D eigenvalue weighted by molar-refractivity contribution is 0.0994. The van der Waals surface area contributed by atoms with E-state index in [-0.39, 0.29) is 21.5 Å². The summed E-state index contributed by atoms with van der Waals surface area (Å²) in [7, 11) is -3.75. The lowest BCUT2D eigenvalue weighted by Gasteiger charge is -2.26. The number of nitrogens with one attached hydrogen (secondary N) is 1. The summed E-state index contributed by atoms with van der Waals surface area (Å²) >= 11 is 6.20. The zero-order valence-electron chi connectivity index (χ0n) is 18.0. The lowest BCUT2D eigenvalue weighted by atomic mass is 10.1. The minimum Gasteiger partial charge on any atom is -0.451 e. The van der Waals surface area contributed by atoms with E-state index < -0.39 is 15.9 Å². The average Bonchev–Trinajstić information content (AvgIpc) is 3.31. The van der Waals surface area contributed by atoms with Gasteiger partial charge in [-0.1, -0.05) is 42.3 Å². The Labute approximate surface area is 197 Å². The molecule has 0 atom stereocenters. The number of sulfonamides is 1. The number of ketones is 1. The number of anilines is 1. The molecule has 7 nitrogen and oxygen atoms in total. The van der Waals surface area contributed by atoms with Crippen LogP contribution in [-0.2, 0) is 10.0 Å². The topological polar surface area (TPSA) is 96.7 Å². The predicted molar refractivity (Wildman–Crippen MR) is 126 cm³/mol. The normalized spacial score (nSPS) is 14.7. The third kappa shape index (κ3) is 5.03. The van der Waals surface area contributed by atoms with Gasteiger partial charge in [-0.3, -0.25) is 9.59 Å². The van der Waals surface area contributed by atoms with Crippen LogP contribution >= 0.6 is 11.6 Å². The van der Waals surface area contributed by atoms with E-state index in [0.29, 0.717) is 30.1 Å². The van der Waals surface area contributed by atoms with E-state index >= 15 is 0 Å². The maximum atomic E-state index is 13.0. The highest BCUT2D eigenvalue weighted by Gasteiger charge is 2.28. The maximum absolute atomic E-state index is 13.0. The van der Waals surface area contributed by atoms with Crippen molar-refractivity contribution in [1.29, 1.82) is 0 Å². The van der Waals surface area contributed by atoms with Crippen LogP contribution in [0.1, 0.15) is 47.1 Å². The molecule has 0 unspecified atom stereocenters. The van der Waals surface area contributed by atoms with Crippen molar-refractivity contribution in [1.82, 2.24) is 4.31 Å². The summed E-state index contributed by atoms with van der Waals surface area (Å²) in [4.78, 5) is 24.1. The van der Waals surface area contributed by atoms with Crippen LogP contribution in [-0.4, -0.2) is 37.5 Å². The van der Waals surface area contributed by atoms with Gasteiger partial charge in [0.1, 0.15) is 10.7 Å². The van der Waals surface area contributed by atoms with Gasteiger partial charge in [-0.25, -0.2) is 8.42 Å². The number of halogens is 1. The first-order valence-electron chi connectivity index (χ1n) is 10.6. The number of carbonyl (C=O) groups excluding carboxylic acids is 2. The second-order valence-electron chi connectivity index (χ2n) is 7.86. The Balaban J connectivity index is 1.52. The Bertz CT molecular complexity index is 1290. The first-order valence-corrected chi connectivity index (χ1v) is 12.4. The molecule has 0 aliphatic carbocycles. The minimum absolute atomic E-state index is 0.0328. The van der Waals surface area contributed by atoms with Crippen molar-refractivity contribution in [3.63, 3.8) is 0 Å². The molecule has 172 valence electrons. The van der Waals surface area contributed by atoms with E-state index in [2.05, 4.69) is 5.32 Å². The van der Waals surface area contributed by atoms with Crippen molar-refractivity contribution in [2.24, 2.45) is 0 Å². The molecule has 9 heteroatoms. The number of carbonyl (C=O) groups is 2. The van der Waals surface area contributed by atoms with Gasteiger partial charge in [-0.15, -0.1) is 0 Å². The average molecular weight is 487 g/mol. The van der Waals surface area contributed by atoms with Crippen LogP contribution in [0, 0.1) is 0 Å². The van der Waals surface area contributed by atoms with Gasteiger partial charge >= 0.3 is 0 Å². The van der Waals surface area contributed by atoms with Gasteiger partial charge in [0.25, 0.3) is 5.91 Å². The first-order chi connectivity index (χ1) is 15.8. The third-order valence-corrected chi connectivity index (χ3v) is 7.91. The van der Waals surface area contributed by atoms with Crippen LogP contribution < -0.4 is 5.32 Å². The molecule has 4 rings (SSSR count). The lowest BCUT2D eigenvalue weighted by Crippen LogP contribution is -2.35. The highest BCUT2D eigenvalue weighted by molar-refractivity contribution is 7.89. The van der Waals surface area contributed by atoms with Crippen molar-refractivity contribution in [3.8, 4) is 11.3 Å². The minimum atomic E-state index is -3.75. The molecule has 1 aromatic heterocycles. The standard InChI is InChI=1S/C24H23ClN2O5S/c1-16(28)17-5-7-18(8-6-17)21-11-12-22(32-21)24(29)26-19-9-10-20(25)23(15-19)33(30,31)27-13-3-2-4-14-27/h5-12,15H,2-4,13-14H2,1H3,(H,26,29). The van der Waals surface area contributed by atoms with Crippen molar-refractivity contribution >= 4 is 39.0 Å². The Hall–Kier alpha value is -2.94. The number of Topliss-reactive ketones (excluding diaryl/α,β-unsaturated/α-hetero) is 1. The van der Waals surface area contributed by atoms with E-state index in [1.165, 1.54) is 29.4 Å². The number of amides is 1. The second-order valence-corrected chi connectivity index (χ2v) is 10.2. The summed E-state index contributed by atoms with van der Waals surface area (Å²) in [5.74, 6) is -0.0216. The van der Waals surface area contributed by atoms with Gasteiger partial charge in [0.15, 0.2) is 11.5 Å². The molecule has 0 spiro atoms. The van der Waals surface area contributed by atoms with Crippen LogP contribution in [0.4, 0.5) is 5.69 Å². The van der Waals surface area contributed by atoms with Crippen LogP contribution in [0.25, 0.3) is 11.3 Å². The SMILES string of the molecule is CC(=O)c1ccc(-c2ccc(C(=O)Nc3ccc(Cl)c(S(=O)(=O)N4CCCCC4)c3)o2)cc1. The number of rotatable bonds is 6. The molecule has 0 bridgehead atoms. The van der Waals surface area contributed by atoms with E-state index in [4.69, 9.17) is 16.0 Å². The molecule has 0 radical (unpaired) electrons. The fourth-order valence-electron chi connectivity index (χ4n) is 3.70. The zero-order chi connectivity index (χ0) is 23.6. The van der Waals surface area contributed by atoms with Crippen LogP contribution in [0.5, 0.6) is 0 Å². The van der Waals surface area contributed by atoms with Gasteiger partial charge in [-0.05, 0) is 50.1 Å². The molecule has 1 amide bonds. The zero-order valence-corrected chi connectivity index (χ0v) is 19.6. The summed E-state index contributed by atoms with van der Waals surface area (Å²) in [5.41, 5.74) is 1.60. The number of nitrogens with zero attached hydrogens (tertiary/aromatic N) is 1. The summed E-state index contributed by atoms with van der Waals surface area (Å²) in [6.45, 7) is 2.40. The largest absolute Gasteiger partial charge is 0.451 e. The smallest absolute Gasteiger partial charge is 0.291 e. The van der Waals surface area contributed by atoms with E-state index in [1.54, 1.807) is 36.4 Å². The molecular formula is C24H23ClN2O5S. The molecule has 33 heavy (non-hydrogen) atoms. The number of hydrogen-bond acceptors (Lipinski definition) is 5. The summed E-state index contributed by atoms with van der Waals surface area (Å²) in [6.07, 6.45) is 2.62. The molecular weight excluding hydrogens is 464 g/mol. The number of hydrogen-bond donors (Lipinski definition) is 1. The number of furan rings is 1. The molecule has 1 fully saturated rings. The first kappa shape index (κ1) is 23.2. The molecule has 1 aliphatic heterocycles. The van der Waals surface area contributed by atoms with Crippen LogP contribution in [0.15, 0.2) is 63.9 Å². The fourth-order valence-corrected chi connectivity index (χ4v) is 5.72. The summed E-state index contributed by atoms with van der Waals surface area (Å²) in [5, 5.41) is 2.78. The molecule has 1 N–H and O–H groups in total. The number of benzene rings is 2. The quantitative estimate of drug-likeness (QED) is 0.481. The maximum Gasteiger partial charge on any atom is 0.291 e. The molecule has 1 aliphatic rings. The third-order valence-electron chi connectivity index (χ3n) is 5.53. The summed E-state index contributed by atoms with van der Waals surface area (Å²) < 4.78 is 33.2. The molecule has 2 aromatic carbocycles. The van der Waals surface area contributed by atoms with E-state index in [0.717, 1.165) is 24.8 Å². The number of piperidine rings is 1. The van der Waals surface area contributed by atoms with Gasteiger partial charge < -0.3 is 9.73 Å². The monoisotopic (exact) mass is 486 g/mol. The van der Waals surface area contributed by atoms with Crippen molar-refractivity contribution in [2.45, 2.75) is 31.1 Å². The Kier molecular flexibility index (Phi) is 6.69. The Morgan fingerprint density at radius 1 is 0.970 bits per heavy atom. The van der Waals surface area contributed by atoms with Crippen molar-refractivity contribution < 1.29 is 22.4 Å². The van der Waals surface area contributed by atoms with Gasteiger partial charge in [0.2, 0.25) is 10.0 Å². The van der Waals surface area contributed by atoms with Crippen molar-refractivity contribution in [2.75, 3.05) is 18.4 Å². The summed E-state index contributed by atoms with van der Waals surface area (Å²) in [6, 6.07) is 14.4. The Morgan fingerprint density at radius 3 is 2.33 bits per heavy atom. The van der Waals surface area contributed by atoms with Gasteiger partial charge in [0, 0.05) is 29.9 Å². The van der Waals surface area contributed by atoms with Gasteiger partial charge in [-0.2, -0.15) is 4.31 Å². The Morgan fingerprint density at radius 2 is 1.67 bits per heavy atom. The second kappa shape index (κ2) is 9.51. The van der Waals surface area contributed by atoms with E-state index in [1.807, 2.05) is 0 Å². The van der Waals surface area contributed by atoms with Crippen LogP contribution in [0.2, 0.25) is 5.02 Å². The molecule has 1 saturated heterocycles.